The second-order valence-electron chi connectivity index (χ2n) is 15.8. The SMILES string of the molecule is c1ccc(-n2c3ccccc3c3cc(-c4ccccc4-c4ccccc4-c4ccccc4-c4ccc([Si](c5ccccc5)(c5ccccc5)c5ccccc5)cn4)ccc32)cc1. The molecule has 0 aliphatic heterocycles. The first-order valence-electron chi connectivity index (χ1n) is 21.3. The Bertz CT molecular complexity index is 3230. The predicted molar refractivity (Wildman–Crippen MR) is 264 cm³/mol. The van der Waals surface area contributed by atoms with E-state index >= 15 is 0 Å². The molecular formula is C59H42N2Si. The molecule has 0 radical (unpaired) electrons. The monoisotopic (exact) mass is 806 g/mol. The Hall–Kier alpha value is -7.85. The van der Waals surface area contributed by atoms with E-state index in [0.29, 0.717) is 0 Å². The minimum Gasteiger partial charge on any atom is -0.309 e. The number of hydrogen-bond acceptors (Lipinski definition) is 1. The molecule has 11 rings (SSSR count). The molecule has 0 aliphatic rings. The lowest BCUT2D eigenvalue weighted by Crippen LogP contribution is -2.74. The van der Waals surface area contributed by atoms with Gasteiger partial charge in [-0.1, -0.05) is 212 Å². The van der Waals surface area contributed by atoms with Crippen LogP contribution in [0.2, 0.25) is 0 Å². The zero-order chi connectivity index (χ0) is 41.3. The molecule has 2 nitrogen and oxygen atoms in total. The molecule has 0 fully saturated rings. The maximum atomic E-state index is 5.36. The minimum absolute atomic E-state index is 0.949. The van der Waals surface area contributed by atoms with Crippen LogP contribution < -0.4 is 20.7 Å². The molecule has 292 valence electrons. The highest BCUT2D eigenvalue weighted by atomic mass is 28.3. The van der Waals surface area contributed by atoms with Gasteiger partial charge in [-0.3, -0.25) is 4.98 Å². The summed E-state index contributed by atoms with van der Waals surface area (Å²) in [6, 6.07) is 90.4. The molecule has 62 heavy (non-hydrogen) atoms. The van der Waals surface area contributed by atoms with Crippen molar-refractivity contribution in [2.24, 2.45) is 0 Å². The van der Waals surface area contributed by atoms with Crippen molar-refractivity contribution in [2.45, 2.75) is 0 Å². The van der Waals surface area contributed by atoms with E-state index in [2.05, 4.69) is 259 Å². The first-order valence-corrected chi connectivity index (χ1v) is 23.3. The van der Waals surface area contributed by atoms with Crippen LogP contribution >= 0.6 is 0 Å². The average molecular weight is 807 g/mol. The summed E-state index contributed by atoms with van der Waals surface area (Å²) < 4.78 is 2.38. The smallest absolute Gasteiger partial charge is 0.181 e. The minimum atomic E-state index is -2.71. The topological polar surface area (TPSA) is 17.8 Å². The summed E-state index contributed by atoms with van der Waals surface area (Å²) in [5.74, 6) is 0. The maximum absolute atomic E-state index is 5.36. The normalized spacial score (nSPS) is 11.5. The highest BCUT2D eigenvalue weighted by molar-refractivity contribution is 7.19. The quantitative estimate of drug-likeness (QED) is 0.105. The van der Waals surface area contributed by atoms with Crippen LogP contribution in [-0.2, 0) is 0 Å². The third-order valence-electron chi connectivity index (χ3n) is 12.5. The van der Waals surface area contributed by atoms with Gasteiger partial charge in [0.1, 0.15) is 0 Å². The van der Waals surface area contributed by atoms with Gasteiger partial charge in [0.05, 0.1) is 16.7 Å². The van der Waals surface area contributed by atoms with Gasteiger partial charge < -0.3 is 4.57 Å². The van der Waals surface area contributed by atoms with Crippen LogP contribution in [0.4, 0.5) is 0 Å². The molecule has 0 aliphatic carbocycles. The van der Waals surface area contributed by atoms with Crippen LogP contribution in [-0.4, -0.2) is 17.6 Å². The van der Waals surface area contributed by atoms with Crippen molar-refractivity contribution in [2.75, 3.05) is 0 Å². The van der Waals surface area contributed by atoms with Gasteiger partial charge in [-0.25, -0.2) is 0 Å². The Morgan fingerprint density at radius 3 is 1.29 bits per heavy atom. The first-order chi connectivity index (χ1) is 30.8. The van der Waals surface area contributed by atoms with E-state index in [1.165, 1.54) is 70.4 Å². The summed E-state index contributed by atoms with van der Waals surface area (Å²) in [7, 11) is -2.71. The number of rotatable bonds is 9. The van der Waals surface area contributed by atoms with Crippen molar-refractivity contribution in [3.8, 4) is 50.3 Å². The largest absolute Gasteiger partial charge is 0.309 e. The Morgan fingerprint density at radius 1 is 0.306 bits per heavy atom. The second-order valence-corrected chi connectivity index (χ2v) is 19.6. The van der Waals surface area contributed by atoms with Gasteiger partial charge in [0.2, 0.25) is 0 Å². The Balaban J connectivity index is 1.03. The molecule has 0 bridgehead atoms. The average Bonchev–Trinajstić information content (AvgIpc) is 3.69. The Morgan fingerprint density at radius 2 is 0.742 bits per heavy atom. The fourth-order valence-corrected chi connectivity index (χ4v) is 14.4. The number of para-hydroxylation sites is 2. The highest BCUT2D eigenvalue weighted by Gasteiger charge is 2.41. The Labute approximate surface area is 363 Å². The van der Waals surface area contributed by atoms with Gasteiger partial charge in [-0.2, -0.15) is 0 Å². The highest BCUT2D eigenvalue weighted by Crippen LogP contribution is 2.42. The van der Waals surface area contributed by atoms with Crippen molar-refractivity contribution in [3.63, 3.8) is 0 Å². The predicted octanol–water partition coefficient (Wildman–Crippen LogP) is 12.2. The molecule has 0 atom stereocenters. The van der Waals surface area contributed by atoms with Crippen molar-refractivity contribution >= 4 is 50.6 Å². The maximum Gasteiger partial charge on any atom is 0.181 e. The number of nitrogens with zero attached hydrogens (tertiary/aromatic N) is 2. The number of hydrogen-bond donors (Lipinski definition) is 0. The van der Waals surface area contributed by atoms with Crippen molar-refractivity contribution < 1.29 is 0 Å². The van der Waals surface area contributed by atoms with E-state index in [1.807, 2.05) is 0 Å². The molecule has 0 spiro atoms. The lowest BCUT2D eigenvalue weighted by Gasteiger charge is -2.34. The van der Waals surface area contributed by atoms with Crippen LogP contribution in [0.1, 0.15) is 0 Å². The zero-order valence-corrected chi connectivity index (χ0v) is 35.1. The number of pyridine rings is 1. The van der Waals surface area contributed by atoms with E-state index in [0.717, 1.165) is 22.5 Å². The second kappa shape index (κ2) is 16.0. The fourth-order valence-electron chi connectivity index (χ4n) is 9.70. The molecule has 0 N–H and O–H groups in total. The molecule has 0 amide bonds. The molecule has 3 heteroatoms. The van der Waals surface area contributed by atoms with Gasteiger partial charge in [0, 0.05) is 28.2 Å². The van der Waals surface area contributed by atoms with E-state index in [1.54, 1.807) is 0 Å². The summed E-state index contributed by atoms with van der Waals surface area (Å²) in [6.45, 7) is 0. The van der Waals surface area contributed by atoms with Crippen LogP contribution in [0.5, 0.6) is 0 Å². The first kappa shape index (κ1) is 37.2. The fraction of sp³-hybridized carbons (Fsp3) is 0. The molecular weight excluding hydrogens is 765 g/mol. The summed E-state index contributed by atoms with van der Waals surface area (Å²) >= 11 is 0. The van der Waals surface area contributed by atoms with E-state index in [9.17, 15) is 0 Å². The molecule has 2 aromatic heterocycles. The summed E-state index contributed by atoms with van der Waals surface area (Å²) in [5, 5.41) is 7.74. The van der Waals surface area contributed by atoms with Gasteiger partial charge in [0.15, 0.2) is 8.07 Å². The number of aromatic nitrogens is 2. The number of fused-ring (bicyclic) bond motifs is 3. The van der Waals surface area contributed by atoms with Crippen LogP contribution in [0.3, 0.4) is 0 Å². The molecule has 0 saturated heterocycles. The van der Waals surface area contributed by atoms with Gasteiger partial charge in [-0.05, 0) is 90.5 Å². The van der Waals surface area contributed by atoms with Crippen molar-refractivity contribution in [1.82, 2.24) is 9.55 Å². The zero-order valence-electron chi connectivity index (χ0n) is 34.1. The van der Waals surface area contributed by atoms with E-state index in [4.69, 9.17) is 4.98 Å². The molecule has 2 heterocycles. The van der Waals surface area contributed by atoms with Crippen molar-refractivity contribution in [3.05, 3.63) is 255 Å². The van der Waals surface area contributed by atoms with Crippen molar-refractivity contribution in [1.29, 1.82) is 0 Å². The van der Waals surface area contributed by atoms with Gasteiger partial charge >= 0.3 is 0 Å². The van der Waals surface area contributed by atoms with Crippen LogP contribution in [0, 0.1) is 0 Å². The molecule has 9 aromatic carbocycles. The molecule has 0 saturated carbocycles. The van der Waals surface area contributed by atoms with Crippen LogP contribution in [0.25, 0.3) is 72.1 Å². The van der Waals surface area contributed by atoms with Gasteiger partial charge in [0.25, 0.3) is 0 Å². The lowest BCUT2D eigenvalue weighted by molar-refractivity contribution is 1.18. The van der Waals surface area contributed by atoms with E-state index in [-0.39, 0.29) is 0 Å². The molecule has 11 aromatic rings. The lowest BCUT2D eigenvalue weighted by atomic mass is 9.87. The Kier molecular flexibility index (Phi) is 9.57. The van der Waals surface area contributed by atoms with Crippen LogP contribution in [0.15, 0.2) is 255 Å². The summed E-state index contributed by atoms with van der Waals surface area (Å²) in [4.78, 5) is 5.36. The third-order valence-corrected chi connectivity index (χ3v) is 17.2. The number of benzene rings is 9. The van der Waals surface area contributed by atoms with Gasteiger partial charge in [-0.15, -0.1) is 0 Å². The summed E-state index contributed by atoms with van der Waals surface area (Å²) in [6.07, 6.45) is 2.15. The standard InChI is InChI=1S/C59H42N2Si/c1-5-21-44(22-6-1)61-58-36-20-19-35-55(58)56-41-43(37-40-59(56)61)49-29-13-14-30-50(49)51-31-15-16-32-52(51)53-33-17-18-34-54(53)57-39-38-48(42-60-57)62(45-23-7-2-8-24-45,46-25-9-3-10-26-46)47-27-11-4-12-28-47/h1-42H. The summed E-state index contributed by atoms with van der Waals surface area (Å²) in [5.41, 5.74) is 12.7. The molecule has 0 unspecified atom stereocenters. The van der Waals surface area contributed by atoms with E-state index < -0.39 is 8.07 Å². The third kappa shape index (κ3) is 6.30.